The Kier molecular flexibility index (Phi) is 38.4. The lowest BCUT2D eigenvalue weighted by atomic mass is 10.1. The third-order valence-corrected chi connectivity index (χ3v) is 10.8. The van der Waals surface area contributed by atoms with Crippen molar-refractivity contribution < 1.29 is 42.1 Å². The van der Waals surface area contributed by atoms with Crippen LogP contribution in [0.25, 0.3) is 0 Å². The van der Waals surface area contributed by atoms with E-state index in [2.05, 4.69) is 50.3 Å². The molecule has 2 atom stereocenters. The largest absolute Gasteiger partial charge is 0.756 e. The van der Waals surface area contributed by atoms with Gasteiger partial charge in [-0.15, -0.1) is 0 Å². The Morgan fingerprint density at radius 1 is 0.544 bits per heavy atom. The number of nitrogens with zero attached hydrogens (tertiary/aromatic N) is 1. The molecule has 0 fully saturated rings. The molecular weight excluding hydrogens is 737 g/mol. The molecule has 334 valence electrons. The van der Waals surface area contributed by atoms with Gasteiger partial charge in [0.25, 0.3) is 7.82 Å². The van der Waals surface area contributed by atoms with Gasteiger partial charge in [0.1, 0.15) is 19.8 Å². The molecule has 0 aromatic heterocycles. The van der Waals surface area contributed by atoms with E-state index in [1.165, 1.54) is 89.9 Å². The van der Waals surface area contributed by atoms with Crippen LogP contribution in [0.3, 0.4) is 0 Å². The molecular formula is C47H88NO8P. The molecule has 0 aromatic rings. The van der Waals surface area contributed by atoms with Crippen LogP contribution in [-0.4, -0.2) is 70.0 Å². The molecule has 0 aromatic carbocycles. The lowest BCUT2D eigenvalue weighted by molar-refractivity contribution is -0.870. The number of phosphoric acid groups is 1. The van der Waals surface area contributed by atoms with E-state index in [1.54, 1.807) is 0 Å². The maximum absolute atomic E-state index is 12.7. The first-order valence-corrected chi connectivity index (χ1v) is 24.7. The van der Waals surface area contributed by atoms with Gasteiger partial charge < -0.3 is 27.9 Å². The summed E-state index contributed by atoms with van der Waals surface area (Å²) in [5.41, 5.74) is 0. The molecule has 0 saturated carbocycles. The fourth-order valence-corrected chi connectivity index (χ4v) is 6.92. The molecule has 0 spiro atoms. The van der Waals surface area contributed by atoms with Crippen LogP contribution in [0, 0.1) is 0 Å². The molecule has 0 bridgehead atoms. The van der Waals surface area contributed by atoms with Crippen LogP contribution < -0.4 is 4.89 Å². The van der Waals surface area contributed by atoms with E-state index in [-0.39, 0.29) is 26.1 Å². The molecule has 0 N–H and O–H groups in total. The van der Waals surface area contributed by atoms with E-state index in [0.717, 1.165) is 70.6 Å². The standard InChI is InChI=1S/C47H88NO8P/c1-6-8-10-12-14-16-18-20-22-23-24-25-26-28-30-32-34-36-38-40-47(50)56-45(44-55-57(51,52)54-42-41-48(3,4)5)43-53-46(49)39-37-35-33-31-29-27-21-19-17-15-13-11-9-7-2/h13,15,19,21,23-24,45H,6-12,14,16-18,20,22,25-44H2,1-5H3/b15-13-,21-19-,24-23-/t45-/m1/s1. The topological polar surface area (TPSA) is 111 Å². The van der Waals surface area contributed by atoms with Crippen LogP contribution in [0.5, 0.6) is 0 Å². The van der Waals surface area contributed by atoms with Gasteiger partial charge in [-0.25, -0.2) is 0 Å². The molecule has 0 aliphatic heterocycles. The molecule has 0 amide bonds. The van der Waals surface area contributed by atoms with Crippen LogP contribution in [0.2, 0.25) is 0 Å². The number of unbranched alkanes of at least 4 members (excludes halogenated alkanes) is 22. The van der Waals surface area contributed by atoms with Crippen molar-refractivity contribution in [1.82, 2.24) is 0 Å². The minimum atomic E-state index is -4.63. The summed E-state index contributed by atoms with van der Waals surface area (Å²) < 4.78 is 33.9. The first-order chi connectivity index (χ1) is 27.5. The molecule has 0 aliphatic carbocycles. The van der Waals surface area contributed by atoms with Gasteiger partial charge >= 0.3 is 11.9 Å². The first-order valence-electron chi connectivity index (χ1n) is 23.2. The number of allylic oxidation sites excluding steroid dienone is 6. The maximum Gasteiger partial charge on any atom is 0.306 e. The SMILES string of the molecule is CCCC/C=C\C/C=C\CCCCCCCC(=O)OC[C@H](COP(=O)([O-])OCC[N+](C)(C)C)OC(=O)CCCCCCCCC/C=C\CCCCCCCCCC. The van der Waals surface area contributed by atoms with E-state index >= 15 is 0 Å². The average Bonchev–Trinajstić information content (AvgIpc) is 3.16. The van der Waals surface area contributed by atoms with Crippen molar-refractivity contribution in [1.29, 1.82) is 0 Å². The summed E-state index contributed by atoms with van der Waals surface area (Å²) in [5.74, 6) is -0.853. The number of rotatable bonds is 42. The maximum atomic E-state index is 12.7. The number of hydrogen-bond donors (Lipinski definition) is 0. The molecule has 0 heterocycles. The average molecular weight is 826 g/mol. The lowest BCUT2D eigenvalue weighted by Crippen LogP contribution is -2.37. The summed E-state index contributed by atoms with van der Waals surface area (Å²) in [6, 6.07) is 0. The van der Waals surface area contributed by atoms with Crippen molar-refractivity contribution in [2.45, 2.75) is 206 Å². The molecule has 0 rings (SSSR count). The van der Waals surface area contributed by atoms with Crippen molar-refractivity contribution in [2.75, 3.05) is 47.5 Å². The van der Waals surface area contributed by atoms with Crippen LogP contribution in [0.4, 0.5) is 0 Å². The van der Waals surface area contributed by atoms with Crippen LogP contribution in [-0.2, 0) is 32.7 Å². The number of carbonyl (C=O) groups excluding carboxylic acids is 2. The Morgan fingerprint density at radius 2 is 0.965 bits per heavy atom. The van der Waals surface area contributed by atoms with Gasteiger partial charge in [0.05, 0.1) is 27.7 Å². The third kappa shape index (κ3) is 43.6. The summed E-state index contributed by atoms with van der Waals surface area (Å²) in [6.45, 7) is 4.17. The van der Waals surface area contributed by atoms with Gasteiger partial charge in [-0.1, -0.05) is 159 Å². The lowest BCUT2D eigenvalue weighted by Gasteiger charge is -2.28. The van der Waals surface area contributed by atoms with E-state index in [1.807, 2.05) is 21.1 Å². The predicted molar refractivity (Wildman–Crippen MR) is 236 cm³/mol. The van der Waals surface area contributed by atoms with E-state index in [4.69, 9.17) is 18.5 Å². The number of phosphoric ester groups is 1. The fourth-order valence-electron chi connectivity index (χ4n) is 6.19. The molecule has 0 saturated heterocycles. The van der Waals surface area contributed by atoms with Gasteiger partial charge in [-0.2, -0.15) is 0 Å². The Bertz CT molecular complexity index is 1070. The Morgan fingerprint density at radius 3 is 1.46 bits per heavy atom. The molecule has 9 nitrogen and oxygen atoms in total. The summed E-state index contributed by atoms with van der Waals surface area (Å²) in [7, 11) is 1.15. The highest BCUT2D eigenvalue weighted by molar-refractivity contribution is 7.45. The predicted octanol–water partition coefficient (Wildman–Crippen LogP) is 12.7. The van der Waals surface area contributed by atoms with Crippen molar-refractivity contribution in [3.05, 3.63) is 36.5 Å². The second-order valence-corrected chi connectivity index (χ2v) is 18.2. The van der Waals surface area contributed by atoms with Crippen molar-refractivity contribution in [3.63, 3.8) is 0 Å². The van der Waals surface area contributed by atoms with Gasteiger partial charge in [-0.3, -0.25) is 14.2 Å². The monoisotopic (exact) mass is 826 g/mol. The van der Waals surface area contributed by atoms with Crippen molar-refractivity contribution in [2.24, 2.45) is 0 Å². The van der Waals surface area contributed by atoms with Crippen LogP contribution in [0.1, 0.15) is 200 Å². The van der Waals surface area contributed by atoms with Crippen molar-refractivity contribution >= 4 is 19.8 Å². The van der Waals surface area contributed by atoms with Gasteiger partial charge in [0.15, 0.2) is 6.10 Å². The summed E-state index contributed by atoms with van der Waals surface area (Å²) >= 11 is 0. The molecule has 57 heavy (non-hydrogen) atoms. The van der Waals surface area contributed by atoms with E-state index in [0.29, 0.717) is 23.9 Å². The molecule has 10 heteroatoms. The van der Waals surface area contributed by atoms with Crippen LogP contribution in [0.15, 0.2) is 36.5 Å². The fraction of sp³-hybridized carbons (Fsp3) is 0.830. The zero-order valence-corrected chi connectivity index (χ0v) is 38.4. The zero-order chi connectivity index (χ0) is 42.1. The summed E-state index contributed by atoms with van der Waals surface area (Å²) in [4.78, 5) is 37.6. The smallest absolute Gasteiger partial charge is 0.306 e. The number of carbonyl (C=O) groups is 2. The normalized spacial score (nSPS) is 13.9. The van der Waals surface area contributed by atoms with E-state index < -0.39 is 32.5 Å². The molecule has 1 unspecified atom stereocenters. The highest BCUT2D eigenvalue weighted by Gasteiger charge is 2.21. The second-order valence-electron chi connectivity index (χ2n) is 16.8. The quantitative estimate of drug-likeness (QED) is 0.0197. The number of esters is 2. The number of quaternary nitrogens is 1. The zero-order valence-electron chi connectivity index (χ0n) is 37.5. The van der Waals surface area contributed by atoms with Gasteiger partial charge in [-0.05, 0) is 64.2 Å². The summed E-state index contributed by atoms with van der Waals surface area (Å²) in [5, 5.41) is 0. The number of likely N-dealkylation sites (N-methyl/N-ethyl adjacent to an activating group) is 1. The number of ether oxygens (including phenoxy) is 2. The minimum Gasteiger partial charge on any atom is -0.756 e. The molecule has 0 aliphatic rings. The van der Waals surface area contributed by atoms with Gasteiger partial charge in [0, 0.05) is 12.8 Å². The first kappa shape index (κ1) is 55.2. The van der Waals surface area contributed by atoms with Crippen LogP contribution >= 0.6 is 7.82 Å². The summed E-state index contributed by atoms with van der Waals surface area (Å²) in [6.07, 6.45) is 44.5. The Balaban J connectivity index is 4.33. The molecule has 0 radical (unpaired) electrons. The second kappa shape index (κ2) is 39.7. The van der Waals surface area contributed by atoms with Gasteiger partial charge in [0.2, 0.25) is 0 Å². The highest BCUT2D eigenvalue weighted by Crippen LogP contribution is 2.38. The Hall–Kier alpha value is -1.77. The van der Waals surface area contributed by atoms with E-state index in [9.17, 15) is 19.0 Å². The van der Waals surface area contributed by atoms with Crippen molar-refractivity contribution in [3.8, 4) is 0 Å². The Labute approximate surface area is 351 Å². The highest BCUT2D eigenvalue weighted by atomic mass is 31.2. The number of hydrogen-bond acceptors (Lipinski definition) is 8. The third-order valence-electron chi connectivity index (χ3n) is 9.88. The minimum absolute atomic E-state index is 0.0341.